The number of hydrogen-bond donors (Lipinski definition) is 0. The van der Waals surface area contributed by atoms with Crippen LogP contribution in [0.5, 0.6) is 0 Å². The van der Waals surface area contributed by atoms with Crippen LogP contribution in [0.3, 0.4) is 0 Å². The standard InChI is InChI=1S/C10H8ClFN2/c1-7-5-6-13-14(7)9-4-2-3-8(11)10(9)12/h2-6H,1H3. The van der Waals surface area contributed by atoms with Crippen molar-refractivity contribution in [3.63, 3.8) is 0 Å². The molecule has 4 heteroatoms. The van der Waals surface area contributed by atoms with Crippen LogP contribution in [0, 0.1) is 12.7 Å². The molecule has 0 unspecified atom stereocenters. The van der Waals surface area contributed by atoms with E-state index in [0.717, 1.165) is 5.69 Å². The number of aromatic nitrogens is 2. The molecule has 0 bridgehead atoms. The van der Waals surface area contributed by atoms with Gasteiger partial charge in [0.1, 0.15) is 5.69 Å². The molecule has 0 amide bonds. The molecule has 0 saturated heterocycles. The lowest BCUT2D eigenvalue weighted by atomic mass is 10.3. The van der Waals surface area contributed by atoms with E-state index in [1.54, 1.807) is 24.4 Å². The van der Waals surface area contributed by atoms with Gasteiger partial charge >= 0.3 is 0 Å². The van der Waals surface area contributed by atoms with Gasteiger partial charge in [0.15, 0.2) is 5.82 Å². The number of rotatable bonds is 1. The Hall–Kier alpha value is -1.35. The molecule has 0 fully saturated rings. The zero-order chi connectivity index (χ0) is 10.1. The first-order chi connectivity index (χ1) is 6.70. The predicted molar refractivity (Wildman–Crippen MR) is 53.3 cm³/mol. The molecule has 1 heterocycles. The van der Waals surface area contributed by atoms with Gasteiger partial charge in [-0.15, -0.1) is 0 Å². The second kappa shape index (κ2) is 3.42. The van der Waals surface area contributed by atoms with Gasteiger partial charge in [-0.2, -0.15) is 5.10 Å². The van der Waals surface area contributed by atoms with Gasteiger partial charge in [-0.05, 0) is 25.1 Å². The molecule has 0 aliphatic carbocycles. The number of benzene rings is 1. The minimum atomic E-state index is -0.444. The molecule has 0 N–H and O–H groups in total. The molecule has 1 aromatic heterocycles. The van der Waals surface area contributed by atoms with Gasteiger partial charge in [0, 0.05) is 11.9 Å². The van der Waals surface area contributed by atoms with E-state index >= 15 is 0 Å². The summed E-state index contributed by atoms with van der Waals surface area (Å²) in [5.41, 5.74) is 1.24. The number of aryl methyl sites for hydroxylation is 1. The summed E-state index contributed by atoms with van der Waals surface area (Å²) in [5.74, 6) is -0.444. The van der Waals surface area contributed by atoms with Gasteiger partial charge in [0.25, 0.3) is 0 Å². The van der Waals surface area contributed by atoms with Crippen molar-refractivity contribution in [2.45, 2.75) is 6.92 Å². The summed E-state index contributed by atoms with van der Waals surface area (Å²) in [5, 5.41) is 4.11. The van der Waals surface area contributed by atoms with Crippen LogP contribution >= 0.6 is 11.6 Å². The van der Waals surface area contributed by atoms with Gasteiger partial charge in [0.2, 0.25) is 0 Å². The van der Waals surface area contributed by atoms with Gasteiger partial charge in [0.05, 0.1) is 5.02 Å². The first kappa shape index (κ1) is 9.21. The molecule has 2 aromatic rings. The minimum Gasteiger partial charge on any atom is -0.235 e. The lowest BCUT2D eigenvalue weighted by molar-refractivity contribution is 0.609. The average Bonchev–Trinajstić information content (AvgIpc) is 2.57. The summed E-state index contributed by atoms with van der Waals surface area (Å²) in [4.78, 5) is 0. The van der Waals surface area contributed by atoms with Crippen molar-refractivity contribution in [2.24, 2.45) is 0 Å². The zero-order valence-corrected chi connectivity index (χ0v) is 8.29. The van der Waals surface area contributed by atoms with Crippen LogP contribution < -0.4 is 0 Å². The lowest BCUT2D eigenvalue weighted by Gasteiger charge is -2.06. The molecule has 0 aliphatic rings. The summed E-state index contributed by atoms with van der Waals surface area (Å²) in [6.45, 7) is 1.85. The molecular formula is C10H8ClFN2. The Morgan fingerprint density at radius 2 is 2.14 bits per heavy atom. The second-order valence-electron chi connectivity index (χ2n) is 2.96. The summed E-state index contributed by atoms with van der Waals surface area (Å²) in [6, 6.07) is 6.66. The van der Waals surface area contributed by atoms with Crippen LogP contribution in [0.4, 0.5) is 4.39 Å². The average molecular weight is 211 g/mol. The van der Waals surface area contributed by atoms with Crippen molar-refractivity contribution < 1.29 is 4.39 Å². The van der Waals surface area contributed by atoms with Crippen molar-refractivity contribution in [3.8, 4) is 5.69 Å². The van der Waals surface area contributed by atoms with Crippen LogP contribution in [-0.2, 0) is 0 Å². The number of hydrogen-bond acceptors (Lipinski definition) is 1. The topological polar surface area (TPSA) is 17.8 Å². The van der Waals surface area contributed by atoms with Crippen molar-refractivity contribution in [1.82, 2.24) is 9.78 Å². The Morgan fingerprint density at radius 3 is 2.79 bits per heavy atom. The molecule has 14 heavy (non-hydrogen) atoms. The van der Waals surface area contributed by atoms with Crippen LogP contribution in [0.15, 0.2) is 30.5 Å². The Balaban J connectivity index is 2.63. The van der Waals surface area contributed by atoms with Gasteiger partial charge in [-0.3, -0.25) is 0 Å². The maximum absolute atomic E-state index is 13.6. The van der Waals surface area contributed by atoms with E-state index in [0.29, 0.717) is 5.69 Å². The summed E-state index contributed by atoms with van der Waals surface area (Å²) < 4.78 is 15.1. The van der Waals surface area contributed by atoms with E-state index in [-0.39, 0.29) is 5.02 Å². The van der Waals surface area contributed by atoms with Crippen molar-refractivity contribution in [2.75, 3.05) is 0 Å². The van der Waals surface area contributed by atoms with Crippen molar-refractivity contribution in [1.29, 1.82) is 0 Å². The quantitative estimate of drug-likeness (QED) is 0.708. The Labute approximate surface area is 85.9 Å². The van der Waals surface area contributed by atoms with Crippen molar-refractivity contribution >= 4 is 11.6 Å². The molecular weight excluding hydrogens is 203 g/mol. The fraction of sp³-hybridized carbons (Fsp3) is 0.100. The number of nitrogens with zero attached hydrogens (tertiary/aromatic N) is 2. The van der Waals surface area contributed by atoms with Gasteiger partial charge in [-0.25, -0.2) is 9.07 Å². The Morgan fingerprint density at radius 1 is 1.36 bits per heavy atom. The SMILES string of the molecule is Cc1ccnn1-c1cccc(Cl)c1F. The van der Waals surface area contributed by atoms with Crippen LogP contribution in [0.25, 0.3) is 5.69 Å². The summed E-state index contributed by atoms with van der Waals surface area (Å²) in [6.07, 6.45) is 1.62. The summed E-state index contributed by atoms with van der Waals surface area (Å²) >= 11 is 5.67. The maximum Gasteiger partial charge on any atom is 0.167 e. The number of halogens is 2. The molecule has 0 atom stereocenters. The highest BCUT2D eigenvalue weighted by atomic mass is 35.5. The molecule has 1 aromatic carbocycles. The van der Waals surface area contributed by atoms with E-state index in [2.05, 4.69) is 5.10 Å². The van der Waals surface area contributed by atoms with Crippen LogP contribution in [0.2, 0.25) is 5.02 Å². The third-order valence-corrected chi connectivity index (χ3v) is 2.28. The molecule has 0 aliphatic heterocycles. The van der Waals surface area contributed by atoms with Gasteiger partial charge in [-0.1, -0.05) is 17.7 Å². The largest absolute Gasteiger partial charge is 0.235 e. The highest BCUT2D eigenvalue weighted by molar-refractivity contribution is 6.30. The monoisotopic (exact) mass is 210 g/mol. The molecule has 0 spiro atoms. The second-order valence-corrected chi connectivity index (χ2v) is 3.36. The van der Waals surface area contributed by atoms with E-state index in [1.165, 1.54) is 10.7 Å². The van der Waals surface area contributed by atoms with Crippen molar-refractivity contribution in [3.05, 3.63) is 47.0 Å². The van der Waals surface area contributed by atoms with E-state index in [1.807, 2.05) is 6.92 Å². The smallest absolute Gasteiger partial charge is 0.167 e. The fourth-order valence-electron chi connectivity index (χ4n) is 1.28. The molecule has 72 valence electrons. The van der Waals surface area contributed by atoms with E-state index in [9.17, 15) is 4.39 Å². The van der Waals surface area contributed by atoms with Gasteiger partial charge < -0.3 is 0 Å². The molecule has 0 saturated carbocycles. The highest BCUT2D eigenvalue weighted by Crippen LogP contribution is 2.21. The minimum absolute atomic E-state index is 0.109. The van der Waals surface area contributed by atoms with E-state index < -0.39 is 5.82 Å². The normalized spacial score (nSPS) is 10.5. The maximum atomic E-state index is 13.6. The fourth-order valence-corrected chi connectivity index (χ4v) is 1.45. The summed E-state index contributed by atoms with van der Waals surface area (Å²) in [7, 11) is 0. The lowest BCUT2D eigenvalue weighted by Crippen LogP contribution is -2.01. The Bertz CT molecular complexity index is 465. The Kier molecular flexibility index (Phi) is 2.25. The van der Waals surface area contributed by atoms with Crippen LogP contribution in [0.1, 0.15) is 5.69 Å². The highest BCUT2D eigenvalue weighted by Gasteiger charge is 2.09. The molecule has 2 rings (SSSR count). The first-order valence-electron chi connectivity index (χ1n) is 4.15. The van der Waals surface area contributed by atoms with E-state index in [4.69, 9.17) is 11.6 Å². The predicted octanol–water partition coefficient (Wildman–Crippen LogP) is 2.97. The molecule has 0 radical (unpaired) electrons. The third kappa shape index (κ3) is 1.40. The molecule has 2 nitrogen and oxygen atoms in total. The zero-order valence-electron chi connectivity index (χ0n) is 7.54. The first-order valence-corrected chi connectivity index (χ1v) is 4.53. The van der Waals surface area contributed by atoms with Crippen LogP contribution in [-0.4, -0.2) is 9.78 Å². The third-order valence-electron chi connectivity index (χ3n) is 1.99.